The summed E-state index contributed by atoms with van der Waals surface area (Å²) in [6, 6.07) is 8.30. The van der Waals surface area contributed by atoms with E-state index in [2.05, 4.69) is 10.4 Å². The molecular formula is C20H24FN3O. The van der Waals surface area contributed by atoms with Gasteiger partial charge in [0, 0.05) is 18.2 Å². The summed E-state index contributed by atoms with van der Waals surface area (Å²) in [5, 5.41) is 7.43. The van der Waals surface area contributed by atoms with Crippen molar-refractivity contribution in [1.82, 2.24) is 9.78 Å². The van der Waals surface area contributed by atoms with Crippen LogP contribution in [0.3, 0.4) is 0 Å². The van der Waals surface area contributed by atoms with E-state index in [1.807, 2.05) is 17.7 Å². The van der Waals surface area contributed by atoms with Crippen LogP contribution in [0, 0.1) is 30.5 Å². The highest BCUT2D eigenvalue weighted by Crippen LogP contribution is 2.49. The number of carbonyl (C=O) groups excluding carboxylic acids is 1. The fourth-order valence-corrected chi connectivity index (χ4v) is 4.55. The number of hydrogen-bond donors (Lipinski definition) is 1. The first-order chi connectivity index (χ1) is 12.1. The van der Waals surface area contributed by atoms with Crippen molar-refractivity contribution in [1.29, 1.82) is 0 Å². The van der Waals surface area contributed by atoms with Crippen molar-refractivity contribution in [3.63, 3.8) is 0 Å². The molecule has 0 saturated heterocycles. The molecule has 2 aliphatic rings. The van der Waals surface area contributed by atoms with Gasteiger partial charge in [0.15, 0.2) is 5.82 Å². The maximum absolute atomic E-state index is 13.0. The van der Waals surface area contributed by atoms with Crippen molar-refractivity contribution in [3.05, 3.63) is 47.4 Å². The van der Waals surface area contributed by atoms with E-state index in [1.54, 1.807) is 12.1 Å². The lowest BCUT2D eigenvalue weighted by molar-refractivity contribution is -0.117. The molecule has 2 aliphatic carbocycles. The Bertz CT molecular complexity index is 768. The van der Waals surface area contributed by atoms with Crippen molar-refractivity contribution in [2.45, 2.75) is 45.6 Å². The number of carbonyl (C=O) groups is 1. The van der Waals surface area contributed by atoms with Gasteiger partial charge >= 0.3 is 0 Å². The minimum absolute atomic E-state index is 0.0731. The molecule has 1 aromatic carbocycles. The monoisotopic (exact) mass is 341 g/mol. The van der Waals surface area contributed by atoms with Crippen LogP contribution in [0.1, 0.15) is 43.4 Å². The second-order valence-corrected chi connectivity index (χ2v) is 7.64. The maximum Gasteiger partial charge on any atom is 0.225 e. The van der Waals surface area contributed by atoms with E-state index < -0.39 is 0 Å². The minimum Gasteiger partial charge on any atom is -0.309 e. The standard InChI is InChI=1S/C20H24FN3O/c1-13-8-19(23-24(13)12-14-3-6-18(21)7-4-14)22-20(25)11-17-10-15-2-5-16(17)9-15/h3-4,6-8,15-17H,2,5,9-12H2,1H3,(H,22,23,25)/t15-,16-,17-/m1/s1. The Hall–Kier alpha value is -2.17. The van der Waals surface area contributed by atoms with Crippen molar-refractivity contribution in [2.24, 2.45) is 17.8 Å². The minimum atomic E-state index is -0.241. The second-order valence-electron chi connectivity index (χ2n) is 7.64. The van der Waals surface area contributed by atoms with Gasteiger partial charge in [-0.05, 0) is 61.6 Å². The maximum atomic E-state index is 13.0. The van der Waals surface area contributed by atoms with E-state index in [0.29, 0.717) is 24.7 Å². The summed E-state index contributed by atoms with van der Waals surface area (Å²) in [5.41, 5.74) is 1.95. The Morgan fingerprint density at radius 3 is 2.76 bits per heavy atom. The first kappa shape index (κ1) is 16.3. The van der Waals surface area contributed by atoms with Gasteiger partial charge in [0.25, 0.3) is 0 Å². The molecule has 2 aromatic rings. The van der Waals surface area contributed by atoms with E-state index in [9.17, 15) is 9.18 Å². The zero-order chi connectivity index (χ0) is 17.4. The molecule has 1 aromatic heterocycles. The van der Waals surface area contributed by atoms with E-state index in [1.165, 1.54) is 37.8 Å². The van der Waals surface area contributed by atoms with Crippen LogP contribution in [-0.4, -0.2) is 15.7 Å². The van der Waals surface area contributed by atoms with Crippen LogP contribution < -0.4 is 5.32 Å². The van der Waals surface area contributed by atoms with Crippen LogP contribution in [0.5, 0.6) is 0 Å². The molecule has 0 radical (unpaired) electrons. The highest BCUT2D eigenvalue weighted by Gasteiger charge is 2.40. The Balaban J connectivity index is 1.36. The molecule has 25 heavy (non-hydrogen) atoms. The molecule has 132 valence electrons. The van der Waals surface area contributed by atoms with E-state index >= 15 is 0 Å². The Morgan fingerprint density at radius 2 is 2.08 bits per heavy atom. The summed E-state index contributed by atoms with van der Waals surface area (Å²) in [7, 11) is 0. The van der Waals surface area contributed by atoms with Gasteiger partial charge in [0.05, 0.1) is 6.54 Å². The van der Waals surface area contributed by atoms with E-state index in [-0.39, 0.29) is 11.7 Å². The van der Waals surface area contributed by atoms with Crippen LogP contribution in [0.25, 0.3) is 0 Å². The number of aryl methyl sites for hydroxylation is 1. The van der Waals surface area contributed by atoms with Crippen LogP contribution in [-0.2, 0) is 11.3 Å². The number of amides is 1. The van der Waals surface area contributed by atoms with Gasteiger partial charge in [-0.3, -0.25) is 9.48 Å². The normalized spacial score (nSPS) is 24.6. The number of aromatic nitrogens is 2. The lowest BCUT2D eigenvalue weighted by Gasteiger charge is -2.20. The molecule has 2 fully saturated rings. The van der Waals surface area contributed by atoms with Crippen molar-refractivity contribution < 1.29 is 9.18 Å². The molecule has 4 rings (SSSR count). The highest BCUT2D eigenvalue weighted by molar-refractivity contribution is 5.90. The summed E-state index contributed by atoms with van der Waals surface area (Å²) in [5.74, 6) is 2.61. The molecule has 0 aliphatic heterocycles. The van der Waals surface area contributed by atoms with Crippen molar-refractivity contribution in [3.8, 4) is 0 Å². The van der Waals surface area contributed by atoms with E-state index in [4.69, 9.17) is 0 Å². The molecule has 2 bridgehead atoms. The average Bonchev–Trinajstić information content (AvgIpc) is 3.26. The first-order valence-corrected chi connectivity index (χ1v) is 9.15. The predicted octanol–water partition coefficient (Wildman–Crippen LogP) is 4.14. The summed E-state index contributed by atoms with van der Waals surface area (Å²) in [4.78, 5) is 12.4. The third-order valence-electron chi connectivity index (χ3n) is 5.83. The van der Waals surface area contributed by atoms with Crippen molar-refractivity contribution >= 4 is 11.7 Å². The van der Waals surface area contributed by atoms with Gasteiger partial charge < -0.3 is 5.32 Å². The lowest BCUT2D eigenvalue weighted by Crippen LogP contribution is -2.20. The third kappa shape index (κ3) is 3.60. The fraction of sp³-hybridized carbons (Fsp3) is 0.500. The fourth-order valence-electron chi connectivity index (χ4n) is 4.55. The molecule has 2 saturated carbocycles. The van der Waals surface area contributed by atoms with Gasteiger partial charge in [0.1, 0.15) is 5.82 Å². The molecule has 3 atom stereocenters. The number of nitrogens with zero attached hydrogens (tertiary/aromatic N) is 2. The number of fused-ring (bicyclic) bond motifs is 2. The molecular weight excluding hydrogens is 317 g/mol. The number of benzene rings is 1. The summed E-state index contributed by atoms with van der Waals surface area (Å²) < 4.78 is 14.8. The van der Waals surface area contributed by atoms with Crippen molar-refractivity contribution in [2.75, 3.05) is 5.32 Å². The van der Waals surface area contributed by atoms with Gasteiger partial charge in [-0.15, -0.1) is 0 Å². The molecule has 0 spiro atoms. The number of hydrogen-bond acceptors (Lipinski definition) is 2. The number of rotatable bonds is 5. The topological polar surface area (TPSA) is 46.9 Å². The number of anilines is 1. The Labute approximate surface area is 147 Å². The van der Waals surface area contributed by atoms with Crippen LogP contribution in [0.4, 0.5) is 10.2 Å². The molecule has 1 heterocycles. The summed E-state index contributed by atoms with van der Waals surface area (Å²) in [6.07, 6.45) is 5.81. The quantitative estimate of drug-likeness (QED) is 0.888. The van der Waals surface area contributed by atoms with Crippen LogP contribution in [0.15, 0.2) is 30.3 Å². The Kier molecular flexibility index (Phi) is 4.32. The van der Waals surface area contributed by atoms with Gasteiger partial charge in [-0.2, -0.15) is 5.10 Å². The van der Waals surface area contributed by atoms with Gasteiger partial charge in [-0.25, -0.2) is 4.39 Å². The average molecular weight is 341 g/mol. The van der Waals surface area contributed by atoms with E-state index in [0.717, 1.165) is 23.1 Å². The number of halogens is 1. The van der Waals surface area contributed by atoms with Gasteiger partial charge in [0.2, 0.25) is 5.91 Å². The lowest BCUT2D eigenvalue weighted by atomic mass is 9.86. The molecule has 0 unspecified atom stereocenters. The second kappa shape index (κ2) is 6.62. The smallest absolute Gasteiger partial charge is 0.225 e. The summed E-state index contributed by atoms with van der Waals surface area (Å²) >= 11 is 0. The Morgan fingerprint density at radius 1 is 1.28 bits per heavy atom. The zero-order valence-electron chi connectivity index (χ0n) is 14.5. The molecule has 5 heteroatoms. The number of nitrogens with one attached hydrogen (secondary N) is 1. The molecule has 1 amide bonds. The summed E-state index contributed by atoms with van der Waals surface area (Å²) in [6.45, 7) is 2.52. The first-order valence-electron chi connectivity index (χ1n) is 9.15. The van der Waals surface area contributed by atoms with Gasteiger partial charge in [-0.1, -0.05) is 18.6 Å². The molecule has 1 N–H and O–H groups in total. The predicted molar refractivity (Wildman–Crippen MR) is 94.7 cm³/mol. The molecule has 4 nitrogen and oxygen atoms in total. The zero-order valence-corrected chi connectivity index (χ0v) is 14.5. The largest absolute Gasteiger partial charge is 0.309 e. The SMILES string of the molecule is Cc1cc(NC(=O)C[C@H]2C[C@@H]3CC[C@@H]2C3)nn1Cc1ccc(F)cc1. The highest BCUT2D eigenvalue weighted by atomic mass is 19.1. The van der Waals surface area contributed by atoms with Crippen LogP contribution >= 0.6 is 0 Å². The van der Waals surface area contributed by atoms with Crippen LogP contribution in [0.2, 0.25) is 0 Å². The third-order valence-corrected chi connectivity index (χ3v) is 5.83.